The number of carbonyl (C=O) groups excluding carboxylic acids is 1. The number of rotatable bonds is 3. The molecule has 1 aromatic rings. The molecule has 1 saturated heterocycles. The fourth-order valence-electron chi connectivity index (χ4n) is 3.28. The van der Waals surface area contributed by atoms with E-state index < -0.39 is 6.10 Å². The smallest absolute Gasteiger partial charge is 0.234 e. The number of likely N-dealkylation sites (tertiary alicyclic amines) is 1. The molecule has 1 fully saturated rings. The summed E-state index contributed by atoms with van der Waals surface area (Å²) in [7, 11) is 0. The van der Waals surface area contributed by atoms with Gasteiger partial charge in [-0.2, -0.15) is 0 Å². The molecule has 5 nitrogen and oxygen atoms in total. The summed E-state index contributed by atoms with van der Waals surface area (Å²) in [5, 5.41) is 13.1. The number of aliphatic hydroxyl groups is 1. The van der Waals surface area contributed by atoms with Gasteiger partial charge in [0.2, 0.25) is 5.91 Å². The molecule has 21 heavy (non-hydrogen) atoms. The van der Waals surface area contributed by atoms with Gasteiger partial charge >= 0.3 is 0 Å². The first-order valence-corrected chi connectivity index (χ1v) is 7.66. The third-order valence-electron chi connectivity index (χ3n) is 4.52. The van der Waals surface area contributed by atoms with Gasteiger partial charge in [0.15, 0.2) is 0 Å². The van der Waals surface area contributed by atoms with E-state index in [1.165, 1.54) is 0 Å². The van der Waals surface area contributed by atoms with E-state index in [9.17, 15) is 9.90 Å². The zero-order valence-corrected chi connectivity index (χ0v) is 12.2. The average molecular weight is 289 g/mol. The van der Waals surface area contributed by atoms with E-state index >= 15 is 0 Å². The van der Waals surface area contributed by atoms with Crippen LogP contribution in [0, 0.1) is 0 Å². The van der Waals surface area contributed by atoms with Crippen molar-refractivity contribution >= 4 is 5.91 Å². The highest BCUT2D eigenvalue weighted by molar-refractivity contribution is 5.78. The van der Waals surface area contributed by atoms with Crippen molar-refractivity contribution in [3.05, 3.63) is 35.4 Å². The van der Waals surface area contributed by atoms with Crippen molar-refractivity contribution in [1.29, 1.82) is 0 Å². The summed E-state index contributed by atoms with van der Waals surface area (Å²) in [6.07, 6.45) is 1.98. The topological polar surface area (TPSA) is 78.6 Å². The minimum Gasteiger partial charge on any atom is -0.390 e. The zero-order valence-electron chi connectivity index (χ0n) is 12.2. The molecule has 1 heterocycles. The third kappa shape index (κ3) is 3.26. The number of nitrogens with one attached hydrogen (secondary N) is 1. The fourth-order valence-corrected chi connectivity index (χ4v) is 3.28. The first-order chi connectivity index (χ1) is 10.1. The Kier molecular flexibility index (Phi) is 4.24. The maximum Gasteiger partial charge on any atom is 0.234 e. The molecule has 2 atom stereocenters. The Hall–Kier alpha value is -1.43. The van der Waals surface area contributed by atoms with Gasteiger partial charge in [0.05, 0.1) is 18.7 Å². The summed E-state index contributed by atoms with van der Waals surface area (Å²) in [4.78, 5) is 14.3. The van der Waals surface area contributed by atoms with Crippen molar-refractivity contribution in [3.8, 4) is 0 Å². The van der Waals surface area contributed by atoms with Crippen LogP contribution in [0.3, 0.4) is 0 Å². The average Bonchev–Trinajstić information content (AvgIpc) is 2.78. The van der Waals surface area contributed by atoms with Crippen molar-refractivity contribution in [2.75, 3.05) is 19.6 Å². The number of hydrogen-bond donors (Lipinski definition) is 3. The van der Waals surface area contributed by atoms with Crippen LogP contribution in [0.5, 0.6) is 0 Å². The monoisotopic (exact) mass is 289 g/mol. The summed E-state index contributed by atoms with van der Waals surface area (Å²) in [5.41, 5.74) is 8.04. The molecule has 0 radical (unpaired) electrons. The van der Waals surface area contributed by atoms with Crippen LogP contribution in [0.15, 0.2) is 24.3 Å². The van der Waals surface area contributed by atoms with E-state index in [1.807, 2.05) is 24.3 Å². The molecule has 1 amide bonds. The van der Waals surface area contributed by atoms with Crippen LogP contribution in [0.2, 0.25) is 0 Å². The largest absolute Gasteiger partial charge is 0.390 e. The van der Waals surface area contributed by atoms with E-state index in [4.69, 9.17) is 5.73 Å². The molecule has 0 unspecified atom stereocenters. The molecule has 2 aliphatic rings. The Balaban J connectivity index is 1.58. The molecule has 4 N–H and O–H groups in total. The lowest BCUT2D eigenvalue weighted by Crippen LogP contribution is -2.46. The summed E-state index contributed by atoms with van der Waals surface area (Å²) < 4.78 is 0. The summed E-state index contributed by atoms with van der Waals surface area (Å²) in [6, 6.07) is 7.90. The number of amides is 1. The number of carbonyl (C=O) groups is 1. The van der Waals surface area contributed by atoms with Gasteiger partial charge in [-0.15, -0.1) is 0 Å². The molecule has 1 aliphatic carbocycles. The normalized spacial score (nSPS) is 26.6. The molecule has 3 rings (SSSR count). The van der Waals surface area contributed by atoms with Gasteiger partial charge < -0.3 is 16.2 Å². The Morgan fingerprint density at radius 3 is 2.81 bits per heavy atom. The standard InChI is InChI=1S/C16H23N3O2/c17-12-5-7-19(8-6-12)10-15(21)18-16-13-4-2-1-3-11(13)9-14(16)20/h1-4,12,14,16,20H,5-10,17H2,(H,18,21)/t14-,16+/m1/s1. The number of piperidine rings is 1. The highest BCUT2D eigenvalue weighted by Gasteiger charge is 2.32. The predicted molar refractivity (Wildman–Crippen MR) is 80.7 cm³/mol. The van der Waals surface area contributed by atoms with Gasteiger partial charge in [-0.25, -0.2) is 0 Å². The number of fused-ring (bicyclic) bond motifs is 1. The number of benzene rings is 1. The van der Waals surface area contributed by atoms with E-state index in [-0.39, 0.29) is 18.0 Å². The Morgan fingerprint density at radius 2 is 2.05 bits per heavy atom. The maximum atomic E-state index is 12.2. The highest BCUT2D eigenvalue weighted by Crippen LogP contribution is 2.31. The Morgan fingerprint density at radius 1 is 1.33 bits per heavy atom. The molecule has 0 aromatic heterocycles. The molecule has 0 spiro atoms. The van der Waals surface area contributed by atoms with Crippen LogP contribution in [0.1, 0.15) is 30.0 Å². The quantitative estimate of drug-likeness (QED) is 0.742. The first kappa shape index (κ1) is 14.5. The SMILES string of the molecule is NC1CCN(CC(=O)N[C@H]2c3ccccc3C[C@H]2O)CC1. The van der Waals surface area contributed by atoms with Crippen molar-refractivity contribution in [3.63, 3.8) is 0 Å². The molecule has 0 bridgehead atoms. The number of aliphatic hydroxyl groups excluding tert-OH is 1. The predicted octanol–water partition coefficient (Wildman–Crippen LogP) is 0.184. The van der Waals surface area contributed by atoms with E-state index in [0.29, 0.717) is 13.0 Å². The van der Waals surface area contributed by atoms with Crippen molar-refractivity contribution in [2.45, 2.75) is 37.5 Å². The number of nitrogens with zero attached hydrogens (tertiary/aromatic N) is 1. The third-order valence-corrected chi connectivity index (χ3v) is 4.52. The fraction of sp³-hybridized carbons (Fsp3) is 0.562. The molecular weight excluding hydrogens is 266 g/mol. The first-order valence-electron chi connectivity index (χ1n) is 7.66. The minimum atomic E-state index is -0.527. The van der Waals surface area contributed by atoms with Gasteiger partial charge in [-0.05, 0) is 24.0 Å². The van der Waals surface area contributed by atoms with Gasteiger partial charge in [-0.3, -0.25) is 9.69 Å². The van der Waals surface area contributed by atoms with Gasteiger partial charge in [0.1, 0.15) is 0 Å². The van der Waals surface area contributed by atoms with Crippen LogP contribution in [-0.4, -0.2) is 47.7 Å². The van der Waals surface area contributed by atoms with Crippen LogP contribution >= 0.6 is 0 Å². The molecule has 1 aliphatic heterocycles. The Bertz CT molecular complexity index is 512. The van der Waals surface area contributed by atoms with Crippen LogP contribution in [-0.2, 0) is 11.2 Å². The van der Waals surface area contributed by atoms with Crippen molar-refractivity contribution in [1.82, 2.24) is 10.2 Å². The van der Waals surface area contributed by atoms with Crippen molar-refractivity contribution in [2.24, 2.45) is 5.73 Å². The number of nitrogens with two attached hydrogens (primary N) is 1. The van der Waals surface area contributed by atoms with Gasteiger partial charge in [0, 0.05) is 25.6 Å². The van der Waals surface area contributed by atoms with Crippen LogP contribution in [0.25, 0.3) is 0 Å². The summed E-state index contributed by atoms with van der Waals surface area (Å²) >= 11 is 0. The molecule has 114 valence electrons. The molecular formula is C16H23N3O2. The Labute approximate surface area is 125 Å². The molecule has 5 heteroatoms. The van der Waals surface area contributed by atoms with Crippen LogP contribution < -0.4 is 11.1 Å². The molecule has 1 aromatic carbocycles. The maximum absolute atomic E-state index is 12.2. The lowest BCUT2D eigenvalue weighted by molar-refractivity contribution is -0.124. The van der Waals surface area contributed by atoms with E-state index in [0.717, 1.165) is 37.1 Å². The lowest BCUT2D eigenvalue weighted by atomic mass is 10.1. The minimum absolute atomic E-state index is 0.0220. The highest BCUT2D eigenvalue weighted by atomic mass is 16.3. The second kappa shape index (κ2) is 6.13. The molecule has 0 saturated carbocycles. The second-order valence-corrected chi connectivity index (χ2v) is 6.13. The van der Waals surface area contributed by atoms with E-state index in [2.05, 4.69) is 10.2 Å². The number of hydrogen-bond acceptors (Lipinski definition) is 4. The van der Waals surface area contributed by atoms with Gasteiger partial charge in [0.25, 0.3) is 0 Å². The second-order valence-electron chi connectivity index (χ2n) is 6.13. The lowest BCUT2D eigenvalue weighted by Gasteiger charge is -2.30. The summed E-state index contributed by atoms with van der Waals surface area (Å²) in [5.74, 6) is -0.0220. The van der Waals surface area contributed by atoms with Crippen molar-refractivity contribution < 1.29 is 9.90 Å². The van der Waals surface area contributed by atoms with Gasteiger partial charge in [-0.1, -0.05) is 24.3 Å². The summed E-state index contributed by atoms with van der Waals surface area (Å²) in [6.45, 7) is 2.13. The van der Waals surface area contributed by atoms with E-state index in [1.54, 1.807) is 0 Å². The zero-order chi connectivity index (χ0) is 14.8. The van der Waals surface area contributed by atoms with Crippen LogP contribution in [0.4, 0.5) is 0 Å².